The zero-order chi connectivity index (χ0) is 25.3. The number of amides is 2. The largest absolute Gasteiger partial charge is 0.493 e. The van der Waals surface area contributed by atoms with Gasteiger partial charge in [-0.3, -0.25) is 14.6 Å². The van der Waals surface area contributed by atoms with Gasteiger partial charge in [0.05, 0.1) is 20.3 Å². The molecule has 190 valence electrons. The molecule has 1 aromatic carbocycles. The number of aromatic nitrogens is 2. The van der Waals surface area contributed by atoms with Crippen LogP contribution in [0.5, 0.6) is 5.75 Å². The van der Waals surface area contributed by atoms with Gasteiger partial charge in [-0.25, -0.2) is 4.98 Å². The SMILES string of the molecule is COc1cc(C(=O)N2CCCC2(C)C(=O)N2CCOCC2)cc2nc(CCc3cc(Cl)ccn3)oc12. The molecule has 0 N–H and O–H groups in total. The van der Waals surface area contributed by atoms with Crippen molar-refractivity contribution >= 4 is 34.5 Å². The molecule has 2 saturated heterocycles. The zero-order valence-corrected chi connectivity index (χ0v) is 21.2. The smallest absolute Gasteiger partial charge is 0.254 e. The number of likely N-dealkylation sites (tertiary alicyclic amines) is 1. The van der Waals surface area contributed by atoms with Crippen LogP contribution in [-0.4, -0.2) is 77.1 Å². The fraction of sp³-hybridized carbons (Fsp3) is 0.462. The summed E-state index contributed by atoms with van der Waals surface area (Å²) in [5, 5.41) is 0.628. The Labute approximate surface area is 214 Å². The van der Waals surface area contributed by atoms with Gasteiger partial charge in [-0.2, -0.15) is 0 Å². The van der Waals surface area contributed by atoms with Gasteiger partial charge < -0.3 is 23.7 Å². The van der Waals surface area contributed by atoms with E-state index in [9.17, 15) is 9.59 Å². The van der Waals surface area contributed by atoms with Crippen molar-refractivity contribution in [3.63, 3.8) is 0 Å². The number of carbonyl (C=O) groups excluding carboxylic acids is 2. The van der Waals surface area contributed by atoms with Gasteiger partial charge in [-0.1, -0.05) is 11.6 Å². The standard InChI is InChI=1S/C26H29ClN4O5/c1-26(25(33)30-10-12-35-13-11-30)7-3-9-31(26)24(32)17-14-20-23(21(15-17)34-2)36-22(29-20)5-4-19-16-18(27)6-8-28-19/h6,8,14-16H,3-5,7,9-13H2,1-2H3. The summed E-state index contributed by atoms with van der Waals surface area (Å²) in [6.07, 6.45) is 4.19. The molecule has 3 aromatic rings. The second kappa shape index (κ2) is 10.1. The number of hydrogen-bond acceptors (Lipinski definition) is 7. The molecule has 2 aliphatic heterocycles. The molecule has 2 fully saturated rings. The first-order chi connectivity index (χ1) is 17.4. The lowest BCUT2D eigenvalue weighted by Gasteiger charge is -2.39. The average Bonchev–Trinajstić information content (AvgIpc) is 3.50. The number of morpholine rings is 1. The van der Waals surface area contributed by atoms with E-state index in [0.29, 0.717) is 85.4 Å². The van der Waals surface area contributed by atoms with Gasteiger partial charge in [0.2, 0.25) is 5.91 Å². The summed E-state index contributed by atoms with van der Waals surface area (Å²) >= 11 is 6.05. The normalized spacial score (nSPS) is 20.2. The third-order valence-electron chi connectivity index (χ3n) is 6.99. The number of pyridine rings is 1. The average molecular weight is 513 g/mol. The monoisotopic (exact) mass is 512 g/mol. The van der Waals surface area contributed by atoms with Crippen molar-refractivity contribution in [2.45, 2.75) is 38.1 Å². The number of carbonyl (C=O) groups is 2. The van der Waals surface area contributed by atoms with E-state index in [1.807, 2.05) is 13.0 Å². The Hall–Kier alpha value is -3.17. The maximum absolute atomic E-state index is 13.7. The van der Waals surface area contributed by atoms with Gasteiger partial charge in [0.15, 0.2) is 17.2 Å². The molecular formula is C26H29ClN4O5. The highest BCUT2D eigenvalue weighted by atomic mass is 35.5. The number of hydrogen-bond donors (Lipinski definition) is 0. The number of ether oxygens (including phenoxy) is 2. The molecule has 1 unspecified atom stereocenters. The molecule has 0 spiro atoms. The highest BCUT2D eigenvalue weighted by Crippen LogP contribution is 2.35. The van der Waals surface area contributed by atoms with Crippen molar-refractivity contribution < 1.29 is 23.5 Å². The van der Waals surface area contributed by atoms with Crippen molar-refractivity contribution in [2.75, 3.05) is 40.0 Å². The van der Waals surface area contributed by atoms with E-state index >= 15 is 0 Å². The summed E-state index contributed by atoms with van der Waals surface area (Å²) in [4.78, 5) is 39.6. The minimum Gasteiger partial charge on any atom is -0.493 e. The number of halogens is 1. The Morgan fingerprint density at radius 1 is 1.17 bits per heavy atom. The van der Waals surface area contributed by atoms with Gasteiger partial charge in [0.1, 0.15) is 11.1 Å². The van der Waals surface area contributed by atoms with Crippen LogP contribution in [0.3, 0.4) is 0 Å². The number of rotatable bonds is 6. The number of fused-ring (bicyclic) bond motifs is 1. The lowest BCUT2D eigenvalue weighted by Crippen LogP contribution is -2.58. The van der Waals surface area contributed by atoms with E-state index in [4.69, 9.17) is 25.5 Å². The summed E-state index contributed by atoms with van der Waals surface area (Å²) < 4.78 is 16.9. The van der Waals surface area contributed by atoms with Crippen LogP contribution in [-0.2, 0) is 22.4 Å². The number of methoxy groups -OCH3 is 1. The van der Waals surface area contributed by atoms with Crippen molar-refractivity contribution in [1.82, 2.24) is 19.8 Å². The molecule has 2 aromatic heterocycles. The van der Waals surface area contributed by atoms with E-state index in [-0.39, 0.29) is 11.8 Å². The van der Waals surface area contributed by atoms with E-state index in [1.165, 1.54) is 7.11 Å². The molecule has 9 nitrogen and oxygen atoms in total. The molecule has 5 rings (SSSR count). The first kappa shape index (κ1) is 24.5. The van der Waals surface area contributed by atoms with Crippen molar-refractivity contribution in [3.8, 4) is 5.75 Å². The van der Waals surface area contributed by atoms with Crippen LogP contribution in [0, 0.1) is 0 Å². The minimum absolute atomic E-state index is 0.0250. The van der Waals surface area contributed by atoms with Crippen molar-refractivity contribution in [3.05, 3.63) is 52.6 Å². The lowest BCUT2D eigenvalue weighted by molar-refractivity contribution is -0.144. The molecule has 0 aliphatic carbocycles. The van der Waals surface area contributed by atoms with Gasteiger partial charge in [-0.15, -0.1) is 0 Å². The highest BCUT2D eigenvalue weighted by Gasteiger charge is 2.48. The summed E-state index contributed by atoms with van der Waals surface area (Å²) in [7, 11) is 1.53. The summed E-state index contributed by atoms with van der Waals surface area (Å²) in [6, 6.07) is 6.92. The second-order valence-electron chi connectivity index (χ2n) is 9.34. The third kappa shape index (κ3) is 4.65. The fourth-order valence-electron chi connectivity index (χ4n) is 5.02. The molecule has 0 bridgehead atoms. The van der Waals surface area contributed by atoms with Crippen LogP contribution in [0.1, 0.15) is 41.7 Å². The van der Waals surface area contributed by atoms with Crippen LogP contribution in [0.2, 0.25) is 5.02 Å². The molecule has 10 heteroatoms. The van der Waals surface area contributed by atoms with Crippen LogP contribution in [0.4, 0.5) is 0 Å². The molecule has 1 atom stereocenters. The quantitative estimate of drug-likeness (QED) is 0.498. The summed E-state index contributed by atoms with van der Waals surface area (Å²) in [5.41, 5.74) is 1.38. The second-order valence-corrected chi connectivity index (χ2v) is 9.77. The fourth-order valence-corrected chi connectivity index (χ4v) is 5.21. The summed E-state index contributed by atoms with van der Waals surface area (Å²) in [5.74, 6) is 0.701. The van der Waals surface area contributed by atoms with Crippen molar-refractivity contribution in [2.24, 2.45) is 0 Å². The zero-order valence-electron chi connectivity index (χ0n) is 20.5. The Bertz CT molecular complexity index is 1290. The highest BCUT2D eigenvalue weighted by molar-refractivity contribution is 6.30. The van der Waals surface area contributed by atoms with Crippen LogP contribution < -0.4 is 4.74 Å². The Morgan fingerprint density at radius 3 is 2.72 bits per heavy atom. The molecule has 36 heavy (non-hydrogen) atoms. The van der Waals surface area contributed by atoms with E-state index in [2.05, 4.69) is 9.97 Å². The molecule has 0 saturated carbocycles. The van der Waals surface area contributed by atoms with Gasteiger partial charge in [0, 0.05) is 48.5 Å². The third-order valence-corrected chi connectivity index (χ3v) is 7.22. The number of nitrogens with zero attached hydrogens (tertiary/aromatic N) is 4. The predicted octanol–water partition coefficient (Wildman–Crippen LogP) is 3.52. The molecule has 4 heterocycles. The molecule has 2 amide bonds. The topological polar surface area (TPSA) is 98.0 Å². The van der Waals surface area contributed by atoms with Gasteiger partial charge >= 0.3 is 0 Å². The lowest BCUT2D eigenvalue weighted by atomic mass is 9.95. The van der Waals surface area contributed by atoms with Crippen LogP contribution >= 0.6 is 11.6 Å². The maximum atomic E-state index is 13.7. The Morgan fingerprint density at radius 2 is 1.97 bits per heavy atom. The number of aryl methyl sites for hydroxylation is 2. The van der Waals surface area contributed by atoms with Crippen molar-refractivity contribution in [1.29, 1.82) is 0 Å². The Balaban J connectivity index is 1.39. The first-order valence-corrected chi connectivity index (χ1v) is 12.5. The molecular weight excluding hydrogens is 484 g/mol. The van der Waals surface area contributed by atoms with Crippen LogP contribution in [0.25, 0.3) is 11.1 Å². The van der Waals surface area contributed by atoms with E-state index in [0.717, 1.165) is 12.1 Å². The maximum Gasteiger partial charge on any atom is 0.254 e. The van der Waals surface area contributed by atoms with Gasteiger partial charge in [-0.05, 0) is 50.5 Å². The Kier molecular flexibility index (Phi) is 6.85. The number of oxazole rings is 1. The van der Waals surface area contributed by atoms with E-state index in [1.54, 1.807) is 34.2 Å². The van der Waals surface area contributed by atoms with Gasteiger partial charge in [0.25, 0.3) is 5.91 Å². The summed E-state index contributed by atoms with van der Waals surface area (Å²) in [6.45, 7) is 4.51. The molecule has 0 radical (unpaired) electrons. The minimum atomic E-state index is -0.893. The molecule has 2 aliphatic rings. The predicted molar refractivity (Wildman–Crippen MR) is 133 cm³/mol. The van der Waals surface area contributed by atoms with Crippen LogP contribution in [0.15, 0.2) is 34.9 Å². The van der Waals surface area contributed by atoms with E-state index < -0.39 is 5.54 Å². The number of benzene rings is 1. The first-order valence-electron chi connectivity index (χ1n) is 12.2.